The molecule has 0 aromatic heterocycles. The Hall–Kier alpha value is -0.820. The molecule has 1 aliphatic rings. The highest BCUT2D eigenvalue weighted by molar-refractivity contribution is 6.30. The van der Waals surface area contributed by atoms with Crippen molar-refractivity contribution in [2.75, 3.05) is 32.8 Å². The number of piperazine rings is 1. The Bertz CT molecular complexity index is 476. The Morgan fingerprint density at radius 1 is 1.24 bits per heavy atom. The van der Waals surface area contributed by atoms with E-state index in [1.165, 1.54) is 0 Å². The number of hydrogen-bond acceptors (Lipinski definition) is 3. The van der Waals surface area contributed by atoms with Crippen LogP contribution in [-0.4, -0.2) is 42.8 Å². The van der Waals surface area contributed by atoms with Crippen molar-refractivity contribution in [1.82, 2.24) is 10.2 Å². The van der Waals surface area contributed by atoms with Gasteiger partial charge in [-0.2, -0.15) is 13.2 Å². The smallest absolute Gasteiger partial charge is 0.396 e. The largest absolute Gasteiger partial charge is 0.416 e. The Morgan fingerprint density at radius 2 is 1.90 bits per heavy atom. The van der Waals surface area contributed by atoms with Crippen LogP contribution in [0.5, 0.6) is 0 Å². The van der Waals surface area contributed by atoms with Gasteiger partial charge in [0.05, 0.1) is 5.56 Å². The van der Waals surface area contributed by atoms with E-state index in [2.05, 4.69) is 10.2 Å². The maximum atomic E-state index is 12.9. The van der Waals surface area contributed by atoms with Crippen molar-refractivity contribution in [1.29, 1.82) is 0 Å². The first kappa shape index (κ1) is 16.5. The fourth-order valence-corrected chi connectivity index (χ4v) is 2.89. The highest BCUT2D eigenvalue weighted by Crippen LogP contribution is 2.35. The fourth-order valence-electron chi connectivity index (χ4n) is 2.64. The molecule has 1 aliphatic heterocycles. The van der Waals surface area contributed by atoms with E-state index in [1.807, 2.05) is 0 Å². The van der Waals surface area contributed by atoms with Crippen LogP contribution in [0.25, 0.3) is 0 Å². The minimum atomic E-state index is -4.42. The molecule has 1 atom stereocenters. The predicted octanol–water partition coefficient (Wildman–Crippen LogP) is 2.69. The van der Waals surface area contributed by atoms with Crippen molar-refractivity contribution in [3.8, 4) is 0 Å². The molecule has 1 aromatic carbocycles. The van der Waals surface area contributed by atoms with Crippen LogP contribution < -0.4 is 5.32 Å². The summed E-state index contributed by atoms with van der Waals surface area (Å²) in [5, 5.41) is 12.5. The van der Waals surface area contributed by atoms with Crippen LogP contribution >= 0.6 is 11.6 Å². The van der Waals surface area contributed by atoms with Crippen molar-refractivity contribution < 1.29 is 18.3 Å². The molecule has 7 heteroatoms. The van der Waals surface area contributed by atoms with Gasteiger partial charge in [0, 0.05) is 43.9 Å². The lowest BCUT2D eigenvalue weighted by atomic mass is 9.99. The van der Waals surface area contributed by atoms with Crippen molar-refractivity contribution in [2.45, 2.75) is 18.6 Å². The average molecular weight is 323 g/mol. The van der Waals surface area contributed by atoms with Crippen molar-refractivity contribution in [3.05, 3.63) is 34.3 Å². The van der Waals surface area contributed by atoms with Gasteiger partial charge in [-0.05, 0) is 30.2 Å². The molecule has 21 heavy (non-hydrogen) atoms. The van der Waals surface area contributed by atoms with Gasteiger partial charge in [-0.15, -0.1) is 0 Å². The van der Waals surface area contributed by atoms with Gasteiger partial charge in [0.1, 0.15) is 0 Å². The van der Waals surface area contributed by atoms with E-state index in [0.29, 0.717) is 12.0 Å². The summed E-state index contributed by atoms with van der Waals surface area (Å²) in [7, 11) is 0. The van der Waals surface area contributed by atoms with E-state index in [9.17, 15) is 18.3 Å². The van der Waals surface area contributed by atoms with Gasteiger partial charge in [-0.1, -0.05) is 11.6 Å². The summed E-state index contributed by atoms with van der Waals surface area (Å²) in [6.45, 7) is 2.96. The summed E-state index contributed by atoms with van der Waals surface area (Å²) in [6.07, 6.45) is -4.04. The molecule has 118 valence electrons. The average Bonchev–Trinajstić information content (AvgIpc) is 2.44. The molecular weight excluding hydrogens is 305 g/mol. The molecule has 2 N–H and O–H groups in total. The fraction of sp³-hybridized carbons (Fsp3) is 0.571. The van der Waals surface area contributed by atoms with Crippen molar-refractivity contribution >= 4 is 11.6 Å². The Morgan fingerprint density at radius 3 is 2.48 bits per heavy atom. The number of halogens is 4. The number of nitrogens with one attached hydrogen (secondary N) is 1. The normalized spacial score (nSPS) is 18.7. The Labute approximate surface area is 126 Å². The second kappa shape index (κ2) is 6.96. The van der Waals surface area contributed by atoms with Crippen LogP contribution in [0.2, 0.25) is 5.02 Å². The van der Waals surface area contributed by atoms with Gasteiger partial charge in [0.25, 0.3) is 0 Å². The van der Waals surface area contributed by atoms with Gasteiger partial charge in [-0.25, -0.2) is 0 Å². The second-order valence-electron chi connectivity index (χ2n) is 5.09. The van der Waals surface area contributed by atoms with E-state index in [-0.39, 0.29) is 17.7 Å². The first-order chi connectivity index (χ1) is 9.91. The molecule has 0 radical (unpaired) electrons. The summed E-state index contributed by atoms with van der Waals surface area (Å²) in [4.78, 5) is 2.08. The molecule has 0 aliphatic carbocycles. The minimum Gasteiger partial charge on any atom is -0.396 e. The molecule has 3 nitrogen and oxygen atoms in total. The van der Waals surface area contributed by atoms with E-state index in [1.54, 1.807) is 6.07 Å². The summed E-state index contributed by atoms with van der Waals surface area (Å²) in [5.74, 6) is 0. The molecule has 0 unspecified atom stereocenters. The lowest BCUT2D eigenvalue weighted by Crippen LogP contribution is -2.45. The highest BCUT2D eigenvalue weighted by Gasteiger charge is 2.32. The van der Waals surface area contributed by atoms with Gasteiger partial charge in [0.15, 0.2) is 0 Å². The third-order valence-electron chi connectivity index (χ3n) is 3.63. The SMILES string of the molecule is OCC[C@@H](c1cc(Cl)cc(C(F)(F)F)c1)N1CCNCC1. The van der Waals surface area contributed by atoms with Crippen molar-refractivity contribution in [2.24, 2.45) is 0 Å². The zero-order chi connectivity index (χ0) is 15.5. The zero-order valence-corrected chi connectivity index (χ0v) is 12.2. The Kier molecular flexibility index (Phi) is 5.48. The number of benzene rings is 1. The van der Waals surface area contributed by atoms with Gasteiger partial charge < -0.3 is 10.4 Å². The van der Waals surface area contributed by atoms with E-state index < -0.39 is 11.7 Å². The standard InChI is InChI=1S/C14H18ClF3N2O/c15-12-8-10(7-11(9-12)14(16,17)18)13(1-6-21)20-4-2-19-3-5-20/h7-9,13,19,21H,1-6H2/t13-/m0/s1. The zero-order valence-electron chi connectivity index (χ0n) is 11.5. The maximum Gasteiger partial charge on any atom is 0.416 e. The molecule has 0 spiro atoms. The molecule has 1 heterocycles. The molecule has 0 saturated carbocycles. The Balaban J connectivity index is 2.32. The minimum absolute atomic E-state index is 0.0675. The van der Waals surface area contributed by atoms with Crippen molar-refractivity contribution in [3.63, 3.8) is 0 Å². The van der Waals surface area contributed by atoms with Crippen LogP contribution in [0.3, 0.4) is 0 Å². The summed E-state index contributed by atoms with van der Waals surface area (Å²) in [5.41, 5.74) is -0.242. The number of hydrogen-bond donors (Lipinski definition) is 2. The lowest BCUT2D eigenvalue weighted by molar-refractivity contribution is -0.137. The van der Waals surface area contributed by atoms with E-state index in [4.69, 9.17) is 11.6 Å². The number of alkyl halides is 3. The number of nitrogens with zero attached hydrogens (tertiary/aromatic N) is 1. The predicted molar refractivity (Wildman–Crippen MR) is 75.3 cm³/mol. The first-order valence-corrected chi connectivity index (χ1v) is 7.23. The summed E-state index contributed by atoms with van der Waals surface area (Å²) in [6, 6.07) is 3.36. The van der Waals surface area contributed by atoms with Gasteiger partial charge in [-0.3, -0.25) is 4.90 Å². The van der Waals surface area contributed by atoms with E-state index in [0.717, 1.165) is 38.3 Å². The van der Waals surface area contributed by atoms with Crippen LogP contribution in [-0.2, 0) is 6.18 Å². The van der Waals surface area contributed by atoms with Crippen LogP contribution in [0.4, 0.5) is 13.2 Å². The topological polar surface area (TPSA) is 35.5 Å². The summed E-state index contributed by atoms with van der Waals surface area (Å²) >= 11 is 5.85. The number of aliphatic hydroxyl groups is 1. The van der Waals surface area contributed by atoms with Crippen LogP contribution in [0.15, 0.2) is 18.2 Å². The molecular formula is C14H18ClF3N2O. The lowest BCUT2D eigenvalue weighted by Gasteiger charge is -2.35. The molecule has 0 amide bonds. The monoisotopic (exact) mass is 322 g/mol. The maximum absolute atomic E-state index is 12.9. The number of rotatable bonds is 4. The third kappa shape index (κ3) is 4.32. The van der Waals surface area contributed by atoms with E-state index >= 15 is 0 Å². The van der Waals surface area contributed by atoms with Crippen LogP contribution in [0.1, 0.15) is 23.6 Å². The summed E-state index contributed by atoms with van der Waals surface area (Å²) < 4.78 is 38.7. The third-order valence-corrected chi connectivity index (χ3v) is 3.85. The second-order valence-corrected chi connectivity index (χ2v) is 5.52. The van der Waals surface area contributed by atoms with Gasteiger partial charge >= 0.3 is 6.18 Å². The molecule has 1 aromatic rings. The molecule has 2 rings (SSSR count). The first-order valence-electron chi connectivity index (χ1n) is 6.85. The van der Waals surface area contributed by atoms with Gasteiger partial charge in [0.2, 0.25) is 0 Å². The highest BCUT2D eigenvalue weighted by atomic mass is 35.5. The quantitative estimate of drug-likeness (QED) is 0.894. The molecule has 1 fully saturated rings. The molecule has 1 saturated heterocycles. The van der Waals surface area contributed by atoms with Crippen LogP contribution in [0, 0.1) is 0 Å². The number of aliphatic hydroxyl groups excluding tert-OH is 1. The molecule has 0 bridgehead atoms.